The molecule has 0 aromatic heterocycles. The summed E-state index contributed by atoms with van der Waals surface area (Å²) >= 11 is 0. The normalized spacial score (nSPS) is 26.0. The van der Waals surface area contributed by atoms with Crippen LogP contribution >= 0.6 is 0 Å². The fraction of sp³-hybridized carbons (Fsp3) is 0.167. The molecule has 3 unspecified atom stereocenters. The zero-order chi connectivity index (χ0) is 17.7. The zero-order valence-corrected chi connectivity index (χ0v) is 14.9. The van der Waals surface area contributed by atoms with Crippen molar-refractivity contribution in [2.24, 2.45) is 0 Å². The predicted molar refractivity (Wildman–Crippen MR) is 111 cm³/mol. The summed E-state index contributed by atoms with van der Waals surface area (Å²) in [4.78, 5) is 2.54. The third-order valence-electron chi connectivity index (χ3n) is 5.76. The lowest BCUT2D eigenvalue weighted by Gasteiger charge is -2.44. The van der Waals surface area contributed by atoms with E-state index >= 15 is 0 Å². The molecule has 2 aliphatic heterocycles. The fourth-order valence-corrected chi connectivity index (χ4v) is 4.69. The lowest BCUT2D eigenvalue weighted by Crippen LogP contribution is -2.49. The van der Waals surface area contributed by atoms with Gasteiger partial charge in [0.05, 0.1) is 17.4 Å². The van der Waals surface area contributed by atoms with Gasteiger partial charge in [-0.2, -0.15) is 0 Å². The van der Waals surface area contributed by atoms with Crippen LogP contribution in [0, 0.1) is 0 Å². The number of hydrogen-bond donors (Lipinski definition) is 1. The maximum absolute atomic E-state index is 3.96. The number of para-hydroxylation sites is 2. The average Bonchev–Trinajstić information content (AvgIpc) is 3.08. The monoisotopic (exact) mass is 338 g/mol. The second-order valence-electron chi connectivity index (χ2n) is 7.02. The van der Waals surface area contributed by atoms with Crippen LogP contribution in [0.1, 0.15) is 30.1 Å². The van der Waals surface area contributed by atoms with Crippen LogP contribution in [0.4, 0.5) is 11.4 Å². The largest absolute Gasteiger partial charge is 0.360 e. The van der Waals surface area contributed by atoms with Crippen molar-refractivity contribution in [2.45, 2.75) is 25.0 Å². The third-order valence-corrected chi connectivity index (χ3v) is 5.76. The highest BCUT2D eigenvalue weighted by molar-refractivity contribution is 5.79. The first-order valence-corrected chi connectivity index (χ1v) is 9.24. The van der Waals surface area contributed by atoms with Crippen molar-refractivity contribution in [1.82, 2.24) is 0 Å². The van der Waals surface area contributed by atoms with Crippen molar-refractivity contribution in [1.29, 1.82) is 0 Å². The summed E-state index contributed by atoms with van der Waals surface area (Å²) in [5.74, 6) is 0.363. The van der Waals surface area contributed by atoms with Crippen LogP contribution in [-0.2, 0) is 0 Å². The standard InChI is InChI=1S/C24H22N2/c1-3-9-17-16(4-2)14-15-19-18-10-5-7-12-21(18)26-22-13-8-6-11-20(22)25-24(26)23(17)19/h3-15,18,21,24-25H,1H2,2H3/b16-4-,17-9+. The zero-order valence-electron chi connectivity index (χ0n) is 14.9. The van der Waals surface area contributed by atoms with E-state index in [0.29, 0.717) is 12.0 Å². The Labute approximate surface area is 154 Å². The van der Waals surface area contributed by atoms with Crippen molar-refractivity contribution in [3.63, 3.8) is 0 Å². The molecule has 2 aromatic rings. The van der Waals surface area contributed by atoms with Crippen molar-refractivity contribution >= 4 is 23.5 Å². The highest BCUT2D eigenvalue weighted by Gasteiger charge is 2.43. The molecule has 3 atom stereocenters. The maximum Gasteiger partial charge on any atom is 0.127 e. The van der Waals surface area contributed by atoms with E-state index in [1.807, 2.05) is 6.08 Å². The van der Waals surface area contributed by atoms with E-state index in [1.165, 1.54) is 32.9 Å². The van der Waals surface area contributed by atoms with E-state index < -0.39 is 0 Å². The third kappa shape index (κ3) is 1.99. The summed E-state index contributed by atoms with van der Waals surface area (Å²) < 4.78 is 0. The number of fused-ring (bicyclic) bond motifs is 8. The van der Waals surface area contributed by atoms with E-state index in [4.69, 9.17) is 0 Å². The summed E-state index contributed by atoms with van der Waals surface area (Å²) in [7, 11) is 0. The minimum absolute atomic E-state index is 0.144. The molecule has 2 heteroatoms. The summed E-state index contributed by atoms with van der Waals surface area (Å²) in [6.07, 6.45) is 15.4. The molecule has 5 rings (SSSR count). The quantitative estimate of drug-likeness (QED) is 0.846. The maximum atomic E-state index is 3.96. The summed E-state index contributed by atoms with van der Waals surface area (Å²) in [5.41, 5.74) is 5.28. The van der Waals surface area contributed by atoms with Crippen LogP contribution in [0.2, 0.25) is 0 Å². The Balaban J connectivity index is 1.85. The Morgan fingerprint density at radius 3 is 2.77 bits per heavy atom. The lowest BCUT2D eigenvalue weighted by atomic mass is 9.79. The van der Waals surface area contributed by atoms with Crippen LogP contribution in [0.25, 0.3) is 12.2 Å². The van der Waals surface area contributed by atoms with E-state index in [9.17, 15) is 0 Å². The van der Waals surface area contributed by atoms with Gasteiger partial charge in [-0.15, -0.1) is 0 Å². The Hall–Kier alpha value is -3.00. The molecule has 0 bridgehead atoms. The van der Waals surface area contributed by atoms with Crippen molar-refractivity contribution in [2.75, 3.05) is 10.2 Å². The van der Waals surface area contributed by atoms with Crippen LogP contribution in [0.5, 0.6) is 0 Å². The SMILES string of the molecule is C=C/C=c1/c2c(cc/c1=C/C)C1C=CC=CC1N1c3ccccc3NC21. The Morgan fingerprint density at radius 1 is 1.08 bits per heavy atom. The van der Waals surface area contributed by atoms with Crippen LogP contribution < -0.4 is 20.7 Å². The number of nitrogens with one attached hydrogen (secondary N) is 1. The first-order chi connectivity index (χ1) is 12.8. The molecule has 2 nitrogen and oxygen atoms in total. The van der Waals surface area contributed by atoms with Gasteiger partial charge in [-0.25, -0.2) is 0 Å². The number of rotatable bonds is 1. The molecular weight excluding hydrogens is 316 g/mol. The number of allylic oxidation sites excluding steroid dienone is 3. The van der Waals surface area contributed by atoms with Crippen LogP contribution in [0.3, 0.4) is 0 Å². The van der Waals surface area contributed by atoms with E-state index in [2.05, 4.69) is 96.6 Å². The summed E-state index contributed by atoms with van der Waals surface area (Å²) in [6, 6.07) is 13.5. The predicted octanol–water partition coefficient (Wildman–Crippen LogP) is 3.98. The Kier molecular flexibility index (Phi) is 3.39. The number of hydrogen-bond acceptors (Lipinski definition) is 2. The molecule has 0 saturated heterocycles. The Bertz CT molecular complexity index is 1070. The van der Waals surface area contributed by atoms with Gasteiger partial charge in [0.15, 0.2) is 0 Å². The van der Waals surface area contributed by atoms with Gasteiger partial charge in [-0.3, -0.25) is 0 Å². The molecule has 1 N–H and O–H groups in total. The molecule has 0 spiro atoms. The number of benzene rings is 2. The minimum atomic E-state index is 0.144. The van der Waals surface area contributed by atoms with E-state index in [1.54, 1.807) is 0 Å². The van der Waals surface area contributed by atoms with Crippen LogP contribution in [0.15, 0.2) is 73.4 Å². The first kappa shape index (κ1) is 15.3. The van der Waals surface area contributed by atoms with Gasteiger partial charge in [0.25, 0.3) is 0 Å². The average molecular weight is 338 g/mol. The topological polar surface area (TPSA) is 15.3 Å². The van der Waals surface area contributed by atoms with E-state index in [0.717, 1.165) is 0 Å². The highest BCUT2D eigenvalue weighted by atomic mass is 15.4. The minimum Gasteiger partial charge on any atom is -0.360 e. The van der Waals surface area contributed by atoms with Crippen LogP contribution in [-0.4, -0.2) is 6.04 Å². The van der Waals surface area contributed by atoms with Gasteiger partial charge in [-0.1, -0.05) is 73.4 Å². The van der Waals surface area contributed by atoms with Gasteiger partial charge in [0.2, 0.25) is 0 Å². The Morgan fingerprint density at radius 2 is 1.92 bits per heavy atom. The molecule has 0 radical (unpaired) electrons. The second kappa shape index (κ2) is 5.77. The molecule has 26 heavy (non-hydrogen) atoms. The van der Waals surface area contributed by atoms with Crippen molar-refractivity contribution in [3.05, 3.63) is 94.9 Å². The molecule has 0 amide bonds. The molecular formula is C24H22N2. The summed E-state index contributed by atoms with van der Waals surface area (Å²) in [5, 5.41) is 6.31. The number of nitrogens with zero attached hydrogens (tertiary/aromatic N) is 1. The number of anilines is 2. The molecule has 128 valence electrons. The molecule has 0 fully saturated rings. The fourth-order valence-electron chi connectivity index (χ4n) is 4.69. The molecule has 2 aromatic carbocycles. The van der Waals surface area contributed by atoms with Gasteiger partial charge >= 0.3 is 0 Å². The van der Waals surface area contributed by atoms with E-state index in [-0.39, 0.29) is 6.17 Å². The van der Waals surface area contributed by atoms with Gasteiger partial charge in [0, 0.05) is 11.5 Å². The molecule has 3 aliphatic rings. The van der Waals surface area contributed by atoms with Gasteiger partial charge in [0.1, 0.15) is 6.17 Å². The smallest absolute Gasteiger partial charge is 0.127 e. The highest BCUT2D eigenvalue weighted by Crippen LogP contribution is 2.49. The summed E-state index contributed by atoms with van der Waals surface area (Å²) in [6.45, 7) is 6.06. The van der Waals surface area contributed by atoms with Gasteiger partial charge < -0.3 is 10.2 Å². The first-order valence-electron chi connectivity index (χ1n) is 9.24. The second-order valence-corrected chi connectivity index (χ2v) is 7.02. The van der Waals surface area contributed by atoms with Crippen molar-refractivity contribution < 1.29 is 0 Å². The molecule has 2 heterocycles. The van der Waals surface area contributed by atoms with Gasteiger partial charge in [-0.05, 0) is 35.1 Å². The molecule has 1 aliphatic carbocycles. The van der Waals surface area contributed by atoms with Crippen molar-refractivity contribution in [3.8, 4) is 0 Å². The lowest BCUT2D eigenvalue weighted by molar-refractivity contribution is 0.540. The molecule has 0 saturated carbocycles.